The van der Waals surface area contributed by atoms with Crippen LogP contribution in [-0.2, 0) is 21.2 Å². The molecule has 1 unspecified atom stereocenters. The molecule has 0 aliphatic carbocycles. The van der Waals surface area contributed by atoms with Gasteiger partial charge in [0, 0.05) is 38.9 Å². The molecule has 11 heteroatoms. The van der Waals surface area contributed by atoms with Gasteiger partial charge in [-0.15, -0.1) is 0 Å². The average molecular weight is 626 g/mol. The van der Waals surface area contributed by atoms with Crippen LogP contribution in [0.4, 0.5) is 4.79 Å². The normalized spacial score (nSPS) is 21.9. The van der Waals surface area contributed by atoms with E-state index < -0.39 is 32.5 Å². The minimum absolute atomic E-state index is 0.00200. The van der Waals surface area contributed by atoms with E-state index in [9.17, 15) is 9.59 Å². The molecule has 3 amide bonds. The summed E-state index contributed by atoms with van der Waals surface area (Å²) in [6.45, 7) is 12.8. The first kappa shape index (κ1) is 33.6. The summed E-state index contributed by atoms with van der Waals surface area (Å²) in [5.41, 5.74) is 16.8. The van der Waals surface area contributed by atoms with E-state index >= 15 is 8.42 Å². The maximum Gasteiger partial charge on any atom is 0.421 e. The first-order chi connectivity index (χ1) is 20.6. The van der Waals surface area contributed by atoms with Crippen molar-refractivity contribution in [2.24, 2.45) is 17.4 Å². The van der Waals surface area contributed by atoms with Gasteiger partial charge in [0.2, 0.25) is 10.0 Å². The molecular formula is C33H49N6O4S+. The molecule has 4 rings (SSSR count). The first-order valence-corrected chi connectivity index (χ1v) is 17.0. The van der Waals surface area contributed by atoms with Gasteiger partial charge in [-0.05, 0) is 93.7 Å². The van der Waals surface area contributed by atoms with Gasteiger partial charge < -0.3 is 16.4 Å². The molecule has 5 N–H and O–H groups in total. The largest absolute Gasteiger partial charge is 0.421 e. The van der Waals surface area contributed by atoms with E-state index in [0.717, 1.165) is 22.3 Å². The standard InChI is InChI=1S/C33H48N6O4S/c1-21-11-10-18-39(21,33(36)41)31(40)29(19-27-12-8-7-9-13-27)38(20-28-14-16-37(17-15-28)32(34)35)44(42,43)30-25(5)23(3)22(2)24(4)26(30)6/h7-9,12-13,21,28-29H,10-11,14-20H2,1-6H3,(H4-,34,35,36,41)/p+1/t21-,29-,39?/m1/s1. The molecule has 0 spiro atoms. The van der Waals surface area contributed by atoms with Crippen molar-refractivity contribution in [1.82, 2.24) is 9.21 Å². The number of carbonyl (C=O) groups is 2. The molecule has 44 heavy (non-hydrogen) atoms. The van der Waals surface area contributed by atoms with E-state index in [1.54, 1.807) is 4.90 Å². The van der Waals surface area contributed by atoms with E-state index in [1.807, 2.05) is 71.9 Å². The zero-order valence-corrected chi connectivity index (χ0v) is 27.8. The van der Waals surface area contributed by atoms with Gasteiger partial charge in [0.15, 0.2) is 5.96 Å². The fourth-order valence-electron chi connectivity index (χ4n) is 7.23. The van der Waals surface area contributed by atoms with Crippen LogP contribution in [0, 0.1) is 45.9 Å². The summed E-state index contributed by atoms with van der Waals surface area (Å²) in [4.78, 5) is 30.1. The lowest BCUT2D eigenvalue weighted by molar-refractivity contribution is -0.784. The van der Waals surface area contributed by atoms with Crippen LogP contribution in [0.2, 0.25) is 0 Å². The summed E-state index contributed by atoms with van der Waals surface area (Å²) >= 11 is 0. The third-order valence-corrected chi connectivity index (χ3v) is 12.6. The van der Waals surface area contributed by atoms with E-state index in [2.05, 4.69) is 0 Å². The van der Waals surface area contributed by atoms with Gasteiger partial charge in [0.05, 0.1) is 11.4 Å². The summed E-state index contributed by atoms with van der Waals surface area (Å²) in [5, 5.41) is 7.84. The minimum atomic E-state index is -4.25. The fraction of sp³-hybridized carbons (Fsp3) is 0.545. The third-order valence-electron chi connectivity index (χ3n) is 10.5. The topological polar surface area (TPSA) is 151 Å². The number of sulfonamides is 1. The maximum atomic E-state index is 15.1. The second-order valence-corrected chi connectivity index (χ2v) is 14.6. The summed E-state index contributed by atoms with van der Waals surface area (Å²) in [6, 6.07) is 7.14. The highest BCUT2D eigenvalue weighted by Gasteiger charge is 2.56. The summed E-state index contributed by atoms with van der Waals surface area (Å²) in [7, 11) is -4.25. The number of benzene rings is 2. The maximum absolute atomic E-state index is 15.1. The molecule has 2 saturated heterocycles. The van der Waals surface area contributed by atoms with Crippen LogP contribution in [0.15, 0.2) is 35.2 Å². The monoisotopic (exact) mass is 625 g/mol. The number of nitrogens with zero attached hydrogens (tertiary/aromatic N) is 3. The van der Waals surface area contributed by atoms with Gasteiger partial charge in [-0.3, -0.25) is 5.41 Å². The van der Waals surface area contributed by atoms with Gasteiger partial charge in [0.1, 0.15) is 12.1 Å². The number of amides is 3. The zero-order chi connectivity index (χ0) is 32.6. The molecule has 0 aromatic heterocycles. The third kappa shape index (κ3) is 6.01. The summed E-state index contributed by atoms with van der Waals surface area (Å²) < 4.78 is 31.1. The predicted molar refractivity (Wildman–Crippen MR) is 173 cm³/mol. The number of hydrogen-bond acceptors (Lipinski definition) is 5. The number of likely N-dealkylation sites (tertiary alicyclic amines) is 2. The smallest absolute Gasteiger partial charge is 0.370 e. The van der Waals surface area contributed by atoms with Gasteiger partial charge >= 0.3 is 11.9 Å². The average Bonchev–Trinajstić information content (AvgIpc) is 3.39. The Bertz CT molecular complexity index is 1510. The lowest BCUT2D eigenvalue weighted by Crippen LogP contribution is -2.67. The summed E-state index contributed by atoms with van der Waals surface area (Å²) in [6.07, 6.45) is 2.66. The van der Waals surface area contributed by atoms with Crippen molar-refractivity contribution in [3.05, 3.63) is 63.7 Å². The highest BCUT2D eigenvalue weighted by molar-refractivity contribution is 7.89. The number of piperidine rings is 1. The number of imide groups is 1. The van der Waals surface area contributed by atoms with Crippen LogP contribution in [-0.4, -0.2) is 78.3 Å². The number of primary amides is 1. The van der Waals surface area contributed by atoms with Crippen molar-refractivity contribution in [3.8, 4) is 0 Å². The fourth-order valence-corrected chi connectivity index (χ4v) is 9.45. The van der Waals surface area contributed by atoms with Crippen LogP contribution in [0.3, 0.4) is 0 Å². The van der Waals surface area contributed by atoms with E-state index in [-0.39, 0.29) is 42.3 Å². The van der Waals surface area contributed by atoms with Crippen LogP contribution >= 0.6 is 0 Å². The SMILES string of the molecule is Cc1c(C)c(C)c(S(=O)(=O)N(CC2CCN(C(=N)N)CC2)[C@H](Cc2ccccc2)C(=O)[N+]2(C(N)=O)CCC[C@H]2C)c(C)c1C. The van der Waals surface area contributed by atoms with Crippen molar-refractivity contribution in [2.45, 2.75) is 90.6 Å². The van der Waals surface area contributed by atoms with E-state index in [1.165, 1.54) is 4.31 Å². The Morgan fingerprint density at radius 1 is 0.955 bits per heavy atom. The van der Waals surface area contributed by atoms with Gasteiger partial charge in [-0.25, -0.2) is 18.0 Å². The Morgan fingerprint density at radius 3 is 1.98 bits per heavy atom. The summed E-state index contributed by atoms with van der Waals surface area (Å²) in [5.74, 6) is -0.539. The van der Waals surface area contributed by atoms with Crippen molar-refractivity contribution in [2.75, 3.05) is 26.2 Å². The number of guanidine groups is 1. The van der Waals surface area contributed by atoms with Crippen LogP contribution in [0.1, 0.15) is 66.0 Å². The highest BCUT2D eigenvalue weighted by Crippen LogP contribution is 2.36. The number of carbonyl (C=O) groups excluding carboxylic acids is 2. The number of hydrogen-bond donors (Lipinski definition) is 3. The number of quaternary nitrogens is 1. The van der Waals surface area contributed by atoms with Crippen molar-refractivity contribution < 1.29 is 22.5 Å². The minimum Gasteiger partial charge on any atom is -0.370 e. The zero-order valence-electron chi connectivity index (χ0n) is 27.0. The number of nitrogens with one attached hydrogen (secondary N) is 1. The number of nitrogens with two attached hydrogens (primary N) is 2. The number of urea groups is 1. The molecule has 240 valence electrons. The van der Waals surface area contributed by atoms with Crippen molar-refractivity contribution in [1.29, 1.82) is 5.41 Å². The lowest BCUT2D eigenvalue weighted by Gasteiger charge is -2.40. The van der Waals surface area contributed by atoms with Crippen molar-refractivity contribution in [3.63, 3.8) is 0 Å². The molecule has 2 aliphatic rings. The van der Waals surface area contributed by atoms with Crippen LogP contribution in [0.5, 0.6) is 0 Å². The van der Waals surface area contributed by atoms with E-state index in [4.69, 9.17) is 16.9 Å². The van der Waals surface area contributed by atoms with E-state index in [0.29, 0.717) is 49.9 Å². The molecular weight excluding hydrogens is 576 g/mol. The Hall–Kier alpha value is -3.28. The Balaban J connectivity index is 1.93. The highest BCUT2D eigenvalue weighted by atomic mass is 32.2. The molecule has 10 nitrogen and oxygen atoms in total. The Kier molecular flexibility index (Phi) is 9.92. The molecule has 0 radical (unpaired) electrons. The molecule has 2 aliphatic heterocycles. The van der Waals surface area contributed by atoms with Crippen LogP contribution in [0.25, 0.3) is 0 Å². The molecule has 0 bridgehead atoms. The van der Waals surface area contributed by atoms with Gasteiger partial charge in [0.25, 0.3) is 0 Å². The molecule has 2 aromatic rings. The quantitative estimate of drug-likeness (QED) is 0.229. The Labute approximate surface area is 262 Å². The predicted octanol–water partition coefficient (Wildman–Crippen LogP) is 4.04. The second kappa shape index (κ2) is 13.0. The molecule has 2 aromatic carbocycles. The van der Waals surface area contributed by atoms with Gasteiger partial charge in [-0.2, -0.15) is 8.79 Å². The molecule has 3 atom stereocenters. The molecule has 2 fully saturated rings. The van der Waals surface area contributed by atoms with Crippen LogP contribution < -0.4 is 11.5 Å². The van der Waals surface area contributed by atoms with Crippen molar-refractivity contribution >= 4 is 27.9 Å². The lowest BCUT2D eigenvalue weighted by atomic mass is 9.95. The second-order valence-electron chi connectivity index (χ2n) is 12.8. The molecule has 2 heterocycles. The van der Waals surface area contributed by atoms with Gasteiger partial charge in [-0.1, -0.05) is 30.3 Å². The number of rotatable bonds is 8. The Morgan fingerprint density at radius 2 is 1.50 bits per heavy atom. The first-order valence-electron chi connectivity index (χ1n) is 15.6. The molecule has 0 saturated carbocycles.